The van der Waals surface area contributed by atoms with Gasteiger partial charge in [-0.05, 0) is 18.0 Å². The van der Waals surface area contributed by atoms with Crippen molar-refractivity contribution in [1.82, 2.24) is 29.7 Å². The van der Waals surface area contributed by atoms with Gasteiger partial charge in [0.1, 0.15) is 12.7 Å². The van der Waals surface area contributed by atoms with Gasteiger partial charge in [0.25, 0.3) is 5.95 Å². The van der Waals surface area contributed by atoms with Gasteiger partial charge in [-0.25, -0.2) is 4.98 Å². The maximum Gasteiger partial charge on any atom is 0.389 e. The lowest BCUT2D eigenvalue weighted by Gasteiger charge is -2.07. The molecule has 0 radical (unpaired) electrons. The normalized spacial score (nSPS) is 11.6. The Morgan fingerprint density at radius 3 is 2.70 bits per heavy atom. The summed E-state index contributed by atoms with van der Waals surface area (Å²) < 4.78 is 42.1. The molecule has 0 N–H and O–H groups in total. The van der Waals surface area contributed by atoms with E-state index in [9.17, 15) is 13.2 Å². The molecule has 0 aliphatic rings. The zero-order valence-electron chi connectivity index (χ0n) is 9.88. The monoisotopic (exact) mass is 308 g/mol. The van der Waals surface area contributed by atoms with Crippen LogP contribution in [-0.4, -0.2) is 42.5 Å². The number of aromatic nitrogens is 6. The van der Waals surface area contributed by atoms with Crippen LogP contribution in [0.4, 0.5) is 13.2 Å². The molecule has 0 saturated carbocycles. The summed E-state index contributed by atoms with van der Waals surface area (Å²) in [5, 5.41) is 3.63. The molecule has 11 heteroatoms. The van der Waals surface area contributed by atoms with Crippen LogP contribution in [-0.2, 0) is 0 Å². The number of hydrogen-bond acceptors (Lipinski definition) is 6. The number of hydrogen-bond donors (Lipinski definition) is 0. The molecule has 0 amide bonds. The van der Waals surface area contributed by atoms with Crippen molar-refractivity contribution in [2.45, 2.75) is 19.0 Å². The topological polar surface area (TPSA) is 78.6 Å². The molecule has 0 unspecified atom stereocenters. The first kappa shape index (κ1) is 14.4. The van der Waals surface area contributed by atoms with Gasteiger partial charge in [-0.15, -0.1) is 0 Å². The van der Waals surface area contributed by atoms with E-state index >= 15 is 0 Å². The second-order valence-corrected chi connectivity index (χ2v) is 3.93. The van der Waals surface area contributed by atoms with Crippen LogP contribution in [0.1, 0.15) is 12.8 Å². The largest absolute Gasteiger partial charge is 0.463 e. The second kappa shape index (κ2) is 5.99. The van der Waals surface area contributed by atoms with E-state index in [-0.39, 0.29) is 30.3 Å². The second-order valence-electron chi connectivity index (χ2n) is 3.59. The summed E-state index contributed by atoms with van der Waals surface area (Å²) in [7, 11) is 0. The average Bonchev–Trinajstić information content (AvgIpc) is 2.86. The van der Waals surface area contributed by atoms with E-state index < -0.39 is 12.6 Å². The summed E-state index contributed by atoms with van der Waals surface area (Å²) >= 11 is 5.67. The molecule has 7 nitrogen and oxygen atoms in total. The smallest absolute Gasteiger partial charge is 0.389 e. The highest BCUT2D eigenvalue weighted by Crippen LogP contribution is 2.21. The van der Waals surface area contributed by atoms with Gasteiger partial charge in [0, 0.05) is 6.42 Å². The Morgan fingerprint density at radius 1 is 1.25 bits per heavy atom. The Morgan fingerprint density at radius 2 is 2.05 bits per heavy atom. The van der Waals surface area contributed by atoms with E-state index in [0.29, 0.717) is 0 Å². The first-order chi connectivity index (χ1) is 9.44. The Bertz CT molecular complexity index is 561. The lowest BCUT2D eigenvalue weighted by Crippen LogP contribution is -2.11. The minimum atomic E-state index is -4.22. The van der Waals surface area contributed by atoms with Crippen LogP contribution < -0.4 is 4.74 Å². The van der Waals surface area contributed by atoms with Crippen LogP contribution in [0.25, 0.3) is 5.95 Å². The summed E-state index contributed by atoms with van der Waals surface area (Å²) in [5.41, 5.74) is 0. The first-order valence-electron chi connectivity index (χ1n) is 5.40. The van der Waals surface area contributed by atoms with Crippen molar-refractivity contribution < 1.29 is 17.9 Å². The van der Waals surface area contributed by atoms with E-state index in [1.165, 1.54) is 17.3 Å². The van der Waals surface area contributed by atoms with E-state index in [2.05, 4.69) is 25.0 Å². The molecule has 2 heterocycles. The number of rotatable bonds is 5. The van der Waals surface area contributed by atoms with Crippen LogP contribution in [0.3, 0.4) is 0 Å². The average molecular weight is 309 g/mol. The molecule has 20 heavy (non-hydrogen) atoms. The summed E-state index contributed by atoms with van der Waals surface area (Å²) in [6.45, 7) is -0.184. The van der Waals surface area contributed by atoms with Crippen molar-refractivity contribution >= 4 is 11.6 Å². The molecule has 0 fully saturated rings. The van der Waals surface area contributed by atoms with Gasteiger partial charge in [0.2, 0.25) is 5.28 Å². The molecule has 0 aromatic carbocycles. The van der Waals surface area contributed by atoms with Gasteiger partial charge in [-0.1, -0.05) is 0 Å². The highest BCUT2D eigenvalue weighted by atomic mass is 35.5. The van der Waals surface area contributed by atoms with Crippen LogP contribution in [0.5, 0.6) is 6.01 Å². The van der Waals surface area contributed by atoms with Crippen LogP contribution in [0.2, 0.25) is 5.28 Å². The number of halogens is 4. The van der Waals surface area contributed by atoms with Crippen LogP contribution in [0.15, 0.2) is 12.7 Å². The summed E-state index contributed by atoms with van der Waals surface area (Å²) in [4.78, 5) is 15.0. The lowest BCUT2D eigenvalue weighted by molar-refractivity contribution is -0.136. The van der Waals surface area contributed by atoms with E-state index in [4.69, 9.17) is 16.3 Å². The molecular weight excluding hydrogens is 301 g/mol. The number of nitrogens with zero attached hydrogens (tertiary/aromatic N) is 6. The summed E-state index contributed by atoms with van der Waals surface area (Å²) in [6.07, 6.45) is -2.76. The number of alkyl halides is 3. The van der Waals surface area contributed by atoms with Crippen molar-refractivity contribution in [1.29, 1.82) is 0 Å². The molecule has 2 aromatic heterocycles. The van der Waals surface area contributed by atoms with Gasteiger partial charge in [-0.2, -0.15) is 37.9 Å². The minimum Gasteiger partial charge on any atom is -0.463 e. The third-order valence-corrected chi connectivity index (χ3v) is 2.20. The maximum atomic E-state index is 12.0. The summed E-state index contributed by atoms with van der Waals surface area (Å²) in [6, 6.07) is -0.169. The van der Waals surface area contributed by atoms with Gasteiger partial charge in [-0.3, -0.25) is 0 Å². The predicted molar refractivity (Wildman–Crippen MR) is 60.5 cm³/mol. The molecular formula is C9H8ClF3N6O. The van der Waals surface area contributed by atoms with E-state index in [0.717, 1.165) is 0 Å². The number of ether oxygens (including phenoxy) is 1. The minimum absolute atomic E-state index is 0.0633. The van der Waals surface area contributed by atoms with Crippen molar-refractivity contribution in [2.24, 2.45) is 0 Å². The van der Waals surface area contributed by atoms with Crippen LogP contribution in [0, 0.1) is 0 Å². The Kier molecular flexibility index (Phi) is 4.32. The Labute approximate surface area is 115 Å². The highest BCUT2D eigenvalue weighted by Gasteiger charge is 2.26. The van der Waals surface area contributed by atoms with Gasteiger partial charge in [0.05, 0.1) is 6.61 Å². The van der Waals surface area contributed by atoms with Gasteiger partial charge in [0.15, 0.2) is 0 Å². The predicted octanol–water partition coefficient (Wildman–Crippen LogP) is 1.83. The third kappa shape index (κ3) is 4.30. The summed E-state index contributed by atoms with van der Waals surface area (Å²) in [5.74, 6) is 0.0633. The van der Waals surface area contributed by atoms with Crippen molar-refractivity contribution in [2.75, 3.05) is 6.61 Å². The van der Waals surface area contributed by atoms with E-state index in [1.54, 1.807) is 0 Å². The fourth-order valence-corrected chi connectivity index (χ4v) is 1.38. The quantitative estimate of drug-likeness (QED) is 0.784. The van der Waals surface area contributed by atoms with Gasteiger partial charge < -0.3 is 4.74 Å². The van der Waals surface area contributed by atoms with Crippen molar-refractivity contribution in [3.63, 3.8) is 0 Å². The fraction of sp³-hybridized carbons (Fsp3) is 0.444. The molecule has 0 bridgehead atoms. The third-order valence-electron chi connectivity index (χ3n) is 2.04. The van der Waals surface area contributed by atoms with Crippen LogP contribution >= 0.6 is 11.6 Å². The molecule has 0 aliphatic carbocycles. The zero-order chi connectivity index (χ0) is 14.6. The molecule has 0 spiro atoms. The van der Waals surface area contributed by atoms with Crippen molar-refractivity contribution in [3.8, 4) is 12.0 Å². The zero-order valence-corrected chi connectivity index (χ0v) is 10.6. The van der Waals surface area contributed by atoms with E-state index in [1.807, 2.05) is 0 Å². The maximum absolute atomic E-state index is 12.0. The fourth-order valence-electron chi connectivity index (χ4n) is 1.24. The molecule has 108 valence electrons. The molecule has 2 rings (SSSR count). The lowest BCUT2D eigenvalue weighted by atomic mass is 10.3. The molecule has 2 aromatic rings. The molecule has 0 aliphatic heterocycles. The highest BCUT2D eigenvalue weighted by molar-refractivity contribution is 6.28. The first-order valence-corrected chi connectivity index (χ1v) is 5.78. The van der Waals surface area contributed by atoms with Crippen molar-refractivity contribution in [3.05, 3.63) is 17.9 Å². The van der Waals surface area contributed by atoms with Gasteiger partial charge >= 0.3 is 12.2 Å². The Hall–Kier alpha value is -1.97. The molecule has 0 atom stereocenters. The Balaban J connectivity index is 1.98. The standard InChI is InChI=1S/C9H8ClF3N6O/c10-6-16-7(19-5-14-4-15-19)18-8(17-6)20-3-1-2-9(11,12)13/h4-5H,1-3H2. The molecule has 0 saturated heterocycles. The SMILES string of the molecule is FC(F)(F)CCCOc1nc(Cl)nc(-n2cncn2)n1.